The van der Waals surface area contributed by atoms with Gasteiger partial charge in [-0.1, -0.05) is 47.1 Å². The zero-order valence-electron chi connectivity index (χ0n) is 17.4. The van der Waals surface area contributed by atoms with Crippen LogP contribution in [0.25, 0.3) is 6.08 Å². The number of hydrogen-bond donors (Lipinski definition) is 0. The maximum atomic E-state index is 5.86. The first-order chi connectivity index (χ1) is 14.8. The topological polar surface area (TPSA) is 50.2 Å². The molecule has 2 unspecified atom stereocenters. The third-order valence-electron chi connectivity index (χ3n) is 6.12. The van der Waals surface area contributed by atoms with E-state index in [2.05, 4.69) is 63.3 Å². The van der Waals surface area contributed by atoms with E-state index in [0.717, 1.165) is 50.5 Å². The average Bonchev–Trinajstić information content (AvgIpc) is 3.19. The van der Waals surface area contributed by atoms with E-state index < -0.39 is 0 Å². The fraction of sp³-hybridized carbons (Fsp3) is 0.417. The van der Waals surface area contributed by atoms with E-state index in [1.54, 1.807) is 6.20 Å². The van der Waals surface area contributed by atoms with Crippen molar-refractivity contribution < 1.29 is 9.57 Å². The number of piperazine rings is 1. The van der Waals surface area contributed by atoms with Gasteiger partial charge in [-0.25, -0.2) is 4.98 Å². The van der Waals surface area contributed by atoms with E-state index >= 15 is 0 Å². The minimum atomic E-state index is 0.0552. The summed E-state index contributed by atoms with van der Waals surface area (Å²) in [5.41, 5.74) is 4.64. The average molecular weight is 405 g/mol. The molecule has 0 amide bonds. The lowest BCUT2D eigenvalue weighted by Gasteiger charge is -2.36. The molecule has 0 aliphatic carbocycles. The second kappa shape index (κ2) is 8.58. The van der Waals surface area contributed by atoms with Gasteiger partial charge < -0.3 is 9.57 Å². The number of hydrogen-bond acceptors (Lipinski definition) is 6. The molecule has 6 nitrogen and oxygen atoms in total. The molecule has 4 heterocycles. The highest BCUT2D eigenvalue weighted by Gasteiger charge is 2.41. The van der Waals surface area contributed by atoms with Crippen molar-refractivity contribution in [1.82, 2.24) is 14.8 Å². The van der Waals surface area contributed by atoms with Gasteiger partial charge in [0.15, 0.2) is 6.10 Å². The predicted octanol–water partition coefficient (Wildman–Crippen LogP) is 2.91. The molecule has 0 radical (unpaired) electrons. The highest BCUT2D eigenvalue weighted by molar-refractivity contribution is 6.05. The summed E-state index contributed by atoms with van der Waals surface area (Å²) in [5, 5.41) is 4.39. The Kier molecular flexibility index (Phi) is 5.51. The van der Waals surface area contributed by atoms with E-state index in [9.17, 15) is 0 Å². The highest BCUT2D eigenvalue weighted by atomic mass is 16.6. The SMILES string of the molecule is CC(=Cc1ccccc1)CN1CCN(CC2ON=C3c4cccnc4OCC32)CC1. The van der Waals surface area contributed by atoms with Crippen LogP contribution in [0, 0.1) is 5.92 Å². The van der Waals surface area contributed by atoms with Gasteiger partial charge >= 0.3 is 0 Å². The maximum absolute atomic E-state index is 5.86. The summed E-state index contributed by atoms with van der Waals surface area (Å²) < 4.78 is 5.86. The van der Waals surface area contributed by atoms with Crippen LogP contribution in [0.15, 0.2) is 59.4 Å². The first-order valence-electron chi connectivity index (χ1n) is 10.7. The smallest absolute Gasteiger partial charge is 0.222 e. The number of rotatable bonds is 5. The predicted molar refractivity (Wildman–Crippen MR) is 118 cm³/mol. The molecule has 0 N–H and O–H groups in total. The van der Waals surface area contributed by atoms with Crippen LogP contribution < -0.4 is 4.74 Å². The summed E-state index contributed by atoms with van der Waals surface area (Å²) in [7, 11) is 0. The molecule has 1 fully saturated rings. The van der Waals surface area contributed by atoms with Crippen molar-refractivity contribution in [3.8, 4) is 5.88 Å². The zero-order chi connectivity index (χ0) is 20.3. The molecular weight excluding hydrogens is 376 g/mol. The van der Waals surface area contributed by atoms with Crippen molar-refractivity contribution in [2.24, 2.45) is 11.1 Å². The summed E-state index contributed by atoms with van der Waals surface area (Å²) >= 11 is 0. The Morgan fingerprint density at radius 3 is 2.70 bits per heavy atom. The number of aromatic nitrogens is 1. The molecule has 1 aromatic carbocycles. The van der Waals surface area contributed by atoms with Crippen LogP contribution >= 0.6 is 0 Å². The maximum Gasteiger partial charge on any atom is 0.222 e. The van der Waals surface area contributed by atoms with Gasteiger partial charge in [0.2, 0.25) is 5.88 Å². The van der Waals surface area contributed by atoms with Crippen LogP contribution in [-0.4, -0.2) is 72.5 Å². The van der Waals surface area contributed by atoms with Gasteiger partial charge in [-0.3, -0.25) is 9.80 Å². The van der Waals surface area contributed by atoms with Crippen LogP contribution in [0.3, 0.4) is 0 Å². The van der Waals surface area contributed by atoms with Crippen LogP contribution in [0.4, 0.5) is 0 Å². The lowest BCUT2D eigenvalue weighted by atomic mass is 9.91. The summed E-state index contributed by atoms with van der Waals surface area (Å²) in [6, 6.07) is 14.5. The number of pyridine rings is 1. The van der Waals surface area contributed by atoms with E-state index in [0.29, 0.717) is 12.5 Å². The summed E-state index contributed by atoms with van der Waals surface area (Å²) in [6.45, 7) is 9.00. The highest BCUT2D eigenvalue weighted by Crippen LogP contribution is 2.32. The molecule has 0 bridgehead atoms. The van der Waals surface area contributed by atoms with Crippen LogP contribution in [0.2, 0.25) is 0 Å². The Bertz CT molecular complexity index is 935. The largest absolute Gasteiger partial charge is 0.476 e. The Morgan fingerprint density at radius 1 is 1.07 bits per heavy atom. The molecule has 2 atom stereocenters. The standard InChI is InChI=1S/C24H28N4O2/c1-18(14-19-6-3-2-4-7-19)15-27-10-12-28(13-11-27)16-22-21-17-29-24-20(8-5-9-25-24)23(21)26-30-22/h2-9,14,21-22H,10-13,15-17H2,1H3. The molecule has 5 rings (SSSR count). The zero-order valence-corrected chi connectivity index (χ0v) is 17.4. The van der Waals surface area contributed by atoms with Crippen molar-refractivity contribution in [3.63, 3.8) is 0 Å². The molecule has 156 valence electrons. The monoisotopic (exact) mass is 404 g/mol. The summed E-state index contributed by atoms with van der Waals surface area (Å²) in [4.78, 5) is 15.2. The number of nitrogens with zero attached hydrogens (tertiary/aromatic N) is 4. The molecule has 6 heteroatoms. The van der Waals surface area contributed by atoms with Crippen molar-refractivity contribution in [3.05, 3.63) is 65.4 Å². The second-order valence-electron chi connectivity index (χ2n) is 8.37. The van der Waals surface area contributed by atoms with Crippen LogP contribution in [0.5, 0.6) is 5.88 Å². The van der Waals surface area contributed by atoms with Crippen molar-refractivity contribution in [2.75, 3.05) is 45.9 Å². The molecule has 1 aromatic heterocycles. The lowest BCUT2D eigenvalue weighted by Crippen LogP contribution is -2.50. The van der Waals surface area contributed by atoms with Gasteiger partial charge in [0.05, 0.1) is 11.5 Å². The Morgan fingerprint density at radius 2 is 1.87 bits per heavy atom. The van der Waals surface area contributed by atoms with Gasteiger partial charge in [-0.15, -0.1) is 0 Å². The Hall–Kier alpha value is -2.70. The Labute approximate surface area is 177 Å². The van der Waals surface area contributed by atoms with Gasteiger partial charge in [-0.05, 0) is 24.6 Å². The van der Waals surface area contributed by atoms with E-state index in [1.807, 2.05) is 12.1 Å². The van der Waals surface area contributed by atoms with E-state index in [1.165, 1.54) is 11.1 Å². The fourth-order valence-corrected chi connectivity index (χ4v) is 4.52. The molecular formula is C24H28N4O2. The lowest BCUT2D eigenvalue weighted by molar-refractivity contribution is 0.00977. The molecule has 3 aliphatic rings. The number of oxime groups is 1. The quantitative estimate of drug-likeness (QED) is 0.767. The van der Waals surface area contributed by atoms with Gasteiger partial charge in [0.1, 0.15) is 12.3 Å². The minimum absolute atomic E-state index is 0.0552. The van der Waals surface area contributed by atoms with Crippen molar-refractivity contribution in [2.45, 2.75) is 13.0 Å². The first-order valence-corrected chi connectivity index (χ1v) is 10.7. The van der Waals surface area contributed by atoms with Crippen molar-refractivity contribution in [1.29, 1.82) is 0 Å². The van der Waals surface area contributed by atoms with Crippen LogP contribution in [0.1, 0.15) is 18.1 Å². The van der Waals surface area contributed by atoms with E-state index in [4.69, 9.17) is 9.57 Å². The molecule has 30 heavy (non-hydrogen) atoms. The number of ether oxygens (including phenoxy) is 1. The number of fused-ring (bicyclic) bond motifs is 3. The van der Waals surface area contributed by atoms with Crippen molar-refractivity contribution >= 4 is 11.8 Å². The summed E-state index contributed by atoms with van der Waals surface area (Å²) in [6.07, 6.45) is 4.09. The Balaban J connectivity index is 1.12. The minimum Gasteiger partial charge on any atom is -0.476 e. The van der Waals surface area contributed by atoms with Gasteiger partial charge in [0.25, 0.3) is 0 Å². The molecule has 0 spiro atoms. The molecule has 1 saturated heterocycles. The number of benzene rings is 1. The third kappa shape index (κ3) is 4.11. The normalized spacial score (nSPS) is 24.4. The molecule has 2 aromatic rings. The van der Waals surface area contributed by atoms with Crippen LogP contribution in [-0.2, 0) is 4.84 Å². The third-order valence-corrected chi connectivity index (χ3v) is 6.12. The summed E-state index contributed by atoms with van der Waals surface area (Å²) in [5.74, 6) is 0.861. The first kappa shape index (κ1) is 19.3. The van der Waals surface area contributed by atoms with E-state index in [-0.39, 0.29) is 12.0 Å². The molecule has 0 saturated carbocycles. The van der Waals surface area contributed by atoms with Gasteiger partial charge in [0, 0.05) is 45.5 Å². The fourth-order valence-electron chi connectivity index (χ4n) is 4.52. The molecule has 3 aliphatic heterocycles. The second-order valence-corrected chi connectivity index (χ2v) is 8.37. The van der Waals surface area contributed by atoms with Gasteiger partial charge in [-0.2, -0.15) is 0 Å².